The third-order valence-corrected chi connectivity index (χ3v) is 6.45. The zero-order valence-corrected chi connectivity index (χ0v) is 19.5. The average Bonchev–Trinajstić information content (AvgIpc) is 3.12. The van der Waals surface area contributed by atoms with Crippen molar-refractivity contribution in [1.29, 1.82) is 0 Å². The van der Waals surface area contributed by atoms with Gasteiger partial charge in [-0.15, -0.1) is 0 Å². The largest absolute Gasteiger partial charge is 0.451 e. The van der Waals surface area contributed by atoms with Crippen molar-refractivity contribution < 1.29 is 23.9 Å². The Labute approximate surface area is 199 Å². The molecular formula is C26H29N3O5. The molecule has 0 N–H and O–H groups in total. The van der Waals surface area contributed by atoms with E-state index in [1.807, 2.05) is 30.3 Å². The number of rotatable bonds is 7. The number of piperazine rings is 1. The summed E-state index contributed by atoms with van der Waals surface area (Å²) in [5.41, 5.74) is 1.29. The number of fused-ring (bicyclic) bond motifs is 1. The minimum Gasteiger partial charge on any atom is -0.451 e. The van der Waals surface area contributed by atoms with E-state index in [9.17, 15) is 19.2 Å². The topological polar surface area (TPSA) is 87.2 Å². The van der Waals surface area contributed by atoms with Crippen LogP contribution in [0.2, 0.25) is 0 Å². The number of hydrogen-bond acceptors (Lipinski definition) is 6. The van der Waals surface area contributed by atoms with Crippen molar-refractivity contribution in [3.8, 4) is 0 Å². The number of carbonyl (C=O) groups is 4. The molecule has 8 heteroatoms. The molecule has 1 saturated heterocycles. The van der Waals surface area contributed by atoms with Crippen LogP contribution in [-0.2, 0) is 20.7 Å². The Morgan fingerprint density at radius 3 is 2.00 bits per heavy atom. The van der Waals surface area contributed by atoms with Crippen LogP contribution in [0.1, 0.15) is 40.1 Å². The molecule has 0 radical (unpaired) electrons. The van der Waals surface area contributed by atoms with Crippen LogP contribution >= 0.6 is 0 Å². The van der Waals surface area contributed by atoms with Gasteiger partial charge in [0.1, 0.15) is 6.04 Å². The number of esters is 1. The van der Waals surface area contributed by atoms with Crippen LogP contribution in [0, 0.1) is 0 Å². The molecule has 0 aliphatic carbocycles. The third-order valence-electron chi connectivity index (χ3n) is 6.45. The number of ether oxygens (including phenoxy) is 1. The Morgan fingerprint density at radius 2 is 1.44 bits per heavy atom. The van der Waals surface area contributed by atoms with Crippen molar-refractivity contribution in [2.45, 2.75) is 32.4 Å². The van der Waals surface area contributed by atoms with E-state index in [0.717, 1.165) is 30.1 Å². The molecule has 4 rings (SSSR count). The molecule has 0 saturated carbocycles. The fourth-order valence-corrected chi connectivity index (χ4v) is 4.45. The first-order valence-corrected chi connectivity index (χ1v) is 11.6. The summed E-state index contributed by atoms with van der Waals surface area (Å²) in [6.45, 7) is 7.22. The van der Waals surface area contributed by atoms with E-state index in [1.165, 1.54) is 6.92 Å². The van der Waals surface area contributed by atoms with Gasteiger partial charge in [0.05, 0.1) is 11.1 Å². The first kappa shape index (κ1) is 23.6. The van der Waals surface area contributed by atoms with Crippen molar-refractivity contribution in [3.63, 3.8) is 0 Å². The molecule has 0 spiro atoms. The summed E-state index contributed by atoms with van der Waals surface area (Å²) in [5, 5.41) is 0. The van der Waals surface area contributed by atoms with Crippen LogP contribution in [0.4, 0.5) is 0 Å². The number of benzene rings is 2. The van der Waals surface area contributed by atoms with Crippen LogP contribution in [-0.4, -0.2) is 83.3 Å². The maximum Gasteiger partial charge on any atom is 0.330 e. The summed E-state index contributed by atoms with van der Waals surface area (Å²) in [5.74, 6) is -2.11. The molecule has 0 unspecified atom stereocenters. The van der Waals surface area contributed by atoms with Crippen LogP contribution in [0.25, 0.3) is 0 Å². The van der Waals surface area contributed by atoms with Gasteiger partial charge in [-0.3, -0.25) is 19.3 Å². The second-order valence-electron chi connectivity index (χ2n) is 8.57. The molecular weight excluding hydrogens is 434 g/mol. The minimum absolute atomic E-state index is 0.0984. The summed E-state index contributed by atoms with van der Waals surface area (Å²) in [7, 11) is 0. The second-order valence-corrected chi connectivity index (χ2v) is 8.57. The fourth-order valence-electron chi connectivity index (χ4n) is 4.45. The smallest absolute Gasteiger partial charge is 0.330 e. The molecule has 0 bridgehead atoms. The summed E-state index contributed by atoms with van der Waals surface area (Å²) >= 11 is 0. The van der Waals surface area contributed by atoms with Crippen molar-refractivity contribution in [2.75, 3.05) is 32.7 Å². The Bertz CT molecular complexity index is 1040. The number of hydrogen-bond donors (Lipinski definition) is 0. The molecule has 178 valence electrons. The summed E-state index contributed by atoms with van der Waals surface area (Å²) in [4.78, 5) is 57.3. The highest BCUT2D eigenvalue weighted by atomic mass is 16.5. The van der Waals surface area contributed by atoms with Gasteiger partial charge in [0.15, 0.2) is 6.10 Å². The Kier molecular flexibility index (Phi) is 7.07. The summed E-state index contributed by atoms with van der Waals surface area (Å²) < 4.78 is 5.57. The highest BCUT2D eigenvalue weighted by Crippen LogP contribution is 2.27. The molecule has 3 amide bonds. The number of likely N-dealkylation sites (N-methyl/N-ethyl adjacent to an activating group) is 1. The van der Waals surface area contributed by atoms with E-state index >= 15 is 0 Å². The standard InChI is InChI=1S/C26H29N3O5/c1-3-27-13-15-28(16-14-27)23(30)18(2)34-26(33)22(17-19-9-5-4-6-10-19)29-24(31)20-11-7-8-12-21(20)25(29)32/h4-12,18,22H,3,13-17H2,1-2H3/t18-,22+/m0/s1. The normalized spacial score (nSPS) is 17.9. The molecule has 2 aromatic rings. The second kappa shape index (κ2) is 10.2. The number of nitrogens with zero attached hydrogens (tertiary/aromatic N) is 3. The highest BCUT2D eigenvalue weighted by Gasteiger charge is 2.44. The Morgan fingerprint density at radius 1 is 0.882 bits per heavy atom. The van der Waals surface area contributed by atoms with Crippen LogP contribution in [0.5, 0.6) is 0 Å². The summed E-state index contributed by atoms with van der Waals surface area (Å²) in [6.07, 6.45) is -0.921. The lowest BCUT2D eigenvalue weighted by Gasteiger charge is -2.35. The van der Waals surface area contributed by atoms with E-state index in [4.69, 9.17) is 4.74 Å². The van der Waals surface area contributed by atoms with Gasteiger partial charge in [0.25, 0.3) is 17.7 Å². The van der Waals surface area contributed by atoms with Crippen LogP contribution in [0.15, 0.2) is 54.6 Å². The van der Waals surface area contributed by atoms with E-state index in [1.54, 1.807) is 29.2 Å². The third kappa shape index (κ3) is 4.72. The van der Waals surface area contributed by atoms with Gasteiger partial charge in [0, 0.05) is 32.6 Å². The Balaban J connectivity index is 1.52. The van der Waals surface area contributed by atoms with Crippen LogP contribution < -0.4 is 0 Å². The fraction of sp³-hybridized carbons (Fsp3) is 0.385. The van der Waals surface area contributed by atoms with Gasteiger partial charge in [-0.2, -0.15) is 0 Å². The number of amides is 3. The highest BCUT2D eigenvalue weighted by molar-refractivity contribution is 6.22. The molecule has 2 aliphatic rings. The maximum absolute atomic E-state index is 13.3. The zero-order valence-electron chi connectivity index (χ0n) is 19.5. The molecule has 2 atom stereocenters. The summed E-state index contributed by atoms with van der Waals surface area (Å²) in [6, 6.07) is 14.4. The van der Waals surface area contributed by atoms with Gasteiger partial charge in [0.2, 0.25) is 0 Å². The number of imide groups is 1. The van der Waals surface area contributed by atoms with Gasteiger partial charge in [-0.05, 0) is 31.2 Å². The Hall–Kier alpha value is -3.52. The van der Waals surface area contributed by atoms with Crippen LogP contribution in [0.3, 0.4) is 0 Å². The quantitative estimate of drug-likeness (QED) is 0.461. The van der Waals surface area contributed by atoms with Crippen molar-refractivity contribution >= 4 is 23.7 Å². The first-order valence-electron chi connectivity index (χ1n) is 11.6. The first-order chi connectivity index (χ1) is 16.4. The molecule has 0 aromatic heterocycles. The lowest BCUT2D eigenvalue weighted by Crippen LogP contribution is -2.53. The van der Waals surface area contributed by atoms with Crippen molar-refractivity contribution in [2.24, 2.45) is 0 Å². The lowest BCUT2D eigenvalue weighted by atomic mass is 10.0. The monoisotopic (exact) mass is 463 g/mol. The van der Waals surface area contributed by atoms with Gasteiger partial charge >= 0.3 is 5.97 Å². The molecule has 8 nitrogen and oxygen atoms in total. The molecule has 2 aromatic carbocycles. The zero-order chi connectivity index (χ0) is 24.2. The lowest BCUT2D eigenvalue weighted by molar-refractivity contribution is -0.162. The van der Waals surface area contributed by atoms with Gasteiger partial charge < -0.3 is 14.5 Å². The molecule has 34 heavy (non-hydrogen) atoms. The van der Waals surface area contributed by atoms with Gasteiger partial charge in [-0.1, -0.05) is 49.4 Å². The molecule has 2 aliphatic heterocycles. The number of carbonyl (C=O) groups excluding carboxylic acids is 4. The molecule has 2 heterocycles. The van der Waals surface area contributed by atoms with Crippen molar-refractivity contribution in [3.05, 3.63) is 71.3 Å². The SMILES string of the molecule is CCN1CCN(C(=O)[C@H](C)OC(=O)[C@@H](Cc2ccccc2)N2C(=O)c3ccccc3C2=O)CC1. The molecule has 1 fully saturated rings. The minimum atomic E-state index is -1.18. The predicted molar refractivity (Wildman–Crippen MR) is 125 cm³/mol. The van der Waals surface area contributed by atoms with E-state index in [0.29, 0.717) is 13.1 Å². The predicted octanol–water partition coefficient (Wildman–Crippen LogP) is 1.99. The maximum atomic E-state index is 13.3. The van der Waals surface area contributed by atoms with E-state index in [2.05, 4.69) is 11.8 Å². The van der Waals surface area contributed by atoms with E-state index in [-0.39, 0.29) is 23.5 Å². The van der Waals surface area contributed by atoms with Gasteiger partial charge in [-0.25, -0.2) is 4.79 Å². The van der Waals surface area contributed by atoms with E-state index < -0.39 is 29.9 Å². The average molecular weight is 464 g/mol. The van der Waals surface area contributed by atoms with Crippen molar-refractivity contribution in [1.82, 2.24) is 14.7 Å².